The number of amides is 2. The fourth-order valence-corrected chi connectivity index (χ4v) is 3.66. The molecule has 1 aliphatic rings. The lowest BCUT2D eigenvalue weighted by atomic mass is 10.1. The van der Waals surface area contributed by atoms with E-state index >= 15 is 0 Å². The molecule has 1 aliphatic heterocycles. The SMILES string of the molecule is O=C(NCCc1ccccc1)N[C@@H]1CCCN(c2cc(-c3ccncc3)[nH]n2)C1. The van der Waals surface area contributed by atoms with Crippen LogP contribution in [0.25, 0.3) is 11.3 Å². The summed E-state index contributed by atoms with van der Waals surface area (Å²) in [5, 5.41) is 13.6. The number of nitrogens with one attached hydrogen (secondary N) is 3. The smallest absolute Gasteiger partial charge is 0.315 e. The number of piperidine rings is 1. The Balaban J connectivity index is 1.27. The summed E-state index contributed by atoms with van der Waals surface area (Å²) in [7, 11) is 0. The summed E-state index contributed by atoms with van der Waals surface area (Å²) in [5.74, 6) is 0.910. The van der Waals surface area contributed by atoms with E-state index in [4.69, 9.17) is 0 Å². The first-order valence-corrected chi connectivity index (χ1v) is 10.1. The quantitative estimate of drug-likeness (QED) is 0.604. The van der Waals surface area contributed by atoms with Gasteiger partial charge in [0, 0.05) is 49.7 Å². The van der Waals surface area contributed by atoms with Crippen LogP contribution in [0, 0.1) is 0 Å². The third-order valence-corrected chi connectivity index (χ3v) is 5.18. The highest BCUT2D eigenvalue weighted by molar-refractivity contribution is 5.74. The summed E-state index contributed by atoms with van der Waals surface area (Å²) in [6.07, 6.45) is 6.37. The molecular weight excluding hydrogens is 364 g/mol. The van der Waals surface area contributed by atoms with Crippen molar-refractivity contribution in [2.24, 2.45) is 0 Å². The van der Waals surface area contributed by atoms with Gasteiger partial charge in [0.05, 0.1) is 5.69 Å². The third kappa shape index (κ3) is 5.13. The zero-order chi connectivity index (χ0) is 19.9. The van der Waals surface area contributed by atoms with Crippen LogP contribution in [0.5, 0.6) is 0 Å². The topological polar surface area (TPSA) is 85.9 Å². The third-order valence-electron chi connectivity index (χ3n) is 5.18. The van der Waals surface area contributed by atoms with Gasteiger partial charge in [-0.05, 0) is 37.0 Å². The lowest BCUT2D eigenvalue weighted by Crippen LogP contribution is -2.51. The highest BCUT2D eigenvalue weighted by Gasteiger charge is 2.23. The highest BCUT2D eigenvalue weighted by Crippen LogP contribution is 2.23. The van der Waals surface area contributed by atoms with Crippen LogP contribution in [-0.4, -0.2) is 46.9 Å². The Morgan fingerprint density at radius 2 is 2.00 bits per heavy atom. The van der Waals surface area contributed by atoms with Gasteiger partial charge in [0.25, 0.3) is 0 Å². The molecule has 0 bridgehead atoms. The average molecular weight is 390 g/mol. The van der Waals surface area contributed by atoms with E-state index in [1.807, 2.05) is 30.3 Å². The molecule has 150 valence electrons. The van der Waals surface area contributed by atoms with Crippen molar-refractivity contribution in [2.45, 2.75) is 25.3 Å². The second-order valence-corrected chi connectivity index (χ2v) is 7.30. The molecular formula is C22H26N6O. The minimum Gasteiger partial charge on any atom is -0.353 e. The van der Waals surface area contributed by atoms with Crippen molar-refractivity contribution < 1.29 is 4.79 Å². The number of carbonyl (C=O) groups excluding carboxylic acids is 1. The van der Waals surface area contributed by atoms with Crippen LogP contribution < -0.4 is 15.5 Å². The molecule has 7 nitrogen and oxygen atoms in total. The Hall–Kier alpha value is -3.35. The van der Waals surface area contributed by atoms with Crippen LogP contribution in [0.2, 0.25) is 0 Å². The van der Waals surface area contributed by atoms with Gasteiger partial charge in [-0.1, -0.05) is 30.3 Å². The van der Waals surface area contributed by atoms with Crippen LogP contribution in [0.4, 0.5) is 10.6 Å². The highest BCUT2D eigenvalue weighted by atomic mass is 16.2. The molecule has 0 spiro atoms. The maximum atomic E-state index is 12.3. The molecule has 1 saturated heterocycles. The standard InChI is InChI=1S/C22H26N6O/c29-22(24-13-8-17-5-2-1-3-6-17)25-19-7-4-14-28(16-19)21-15-20(26-27-21)18-9-11-23-12-10-18/h1-3,5-6,9-12,15,19H,4,7-8,13-14,16H2,(H,26,27)(H2,24,25,29)/t19-/m1/s1. The van der Waals surface area contributed by atoms with Crippen LogP contribution in [0.15, 0.2) is 60.9 Å². The molecule has 29 heavy (non-hydrogen) atoms. The zero-order valence-corrected chi connectivity index (χ0v) is 16.3. The Bertz CT molecular complexity index is 911. The van der Waals surface area contributed by atoms with Crippen LogP contribution in [-0.2, 0) is 6.42 Å². The fourth-order valence-electron chi connectivity index (χ4n) is 3.66. The molecule has 4 rings (SSSR count). The van der Waals surface area contributed by atoms with Gasteiger partial charge in [0.15, 0.2) is 5.82 Å². The number of carbonyl (C=O) groups is 1. The van der Waals surface area contributed by atoms with Gasteiger partial charge < -0.3 is 15.5 Å². The Morgan fingerprint density at radius 3 is 2.83 bits per heavy atom. The minimum absolute atomic E-state index is 0.104. The van der Waals surface area contributed by atoms with E-state index in [1.165, 1.54) is 5.56 Å². The van der Waals surface area contributed by atoms with E-state index in [0.29, 0.717) is 6.54 Å². The number of hydrogen-bond acceptors (Lipinski definition) is 4. The molecule has 0 saturated carbocycles. The predicted octanol–water partition coefficient (Wildman–Crippen LogP) is 2.98. The first-order chi connectivity index (χ1) is 14.3. The van der Waals surface area contributed by atoms with Gasteiger partial charge in [-0.25, -0.2) is 4.79 Å². The molecule has 0 aliphatic carbocycles. The number of aromatic nitrogens is 3. The number of pyridine rings is 1. The number of rotatable bonds is 6. The molecule has 7 heteroatoms. The second-order valence-electron chi connectivity index (χ2n) is 7.30. The zero-order valence-electron chi connectivity index (χ0n) is 16.3. The number of anilines is 1. The predicted molar refractivity (Wildman–Crippen MR) is 114 cm³/mol. The van der Waals surface area contributed by atoms with E-state index in [1.54, 1.807) is 12.4 Å². The van der Waals surface area contributed by atoms with Gasteiger partial charge in [-0.15, -0.1) is 0 Å². The van der Waals surface area contributed by atoms with E-state index < -0.39 is 0 Å². The molecule has 3 aromatic rings. The molecule has 2 amide bonds. The molecule has 0 radical (unpaired) electrons. The number of H-pyrrole nitrogens is 1. The summed E-state index contributed by atoms with van der Waals surface area (Å²) in [4.78, 5) is 18.5. The van der Waals surface area contributed by atoms with Gasteiger partial charge in [0.2, 0.25) is 0 Å². The van der Waals surface area contributed by atoms with Crippen molar-refractivity contribution in [2.75, 3.05) is 24.5 Å². The maximum absolute atomic E-state index is 12.3. The average Bonchev–Trinajstić information content (AvgIpc) is 3.26. The molecule has 0 unspecified atom stereocenters. The molecule has 2 aromatic heterocycles. The molecule has 1 atom stereocenters. The lowest BCUT2D eigenvalue weighted by molar-refractivity contribution is 0.235. The van der Waals surface area contributed by atoms with Gasteiger partial charge in [-0.2, -0.15) is 5.10 Å². The first-order valence-electron chi connectivity index (χ1n) is 10.1. The molecule has 3 heterocycles. The maximum Gasteiger partial charge on any atom is 0.315 e. The molecule has 1 fully saturated rings. The summed E-state index contributed by atoms with van der Waals surface area (Å²) >= 11 is 0. The van der Waals surface area contributed by atoms with E-state index in [-0.39, 0.29) is 12.1 Å². The summed E-state index contributed by atoms with van der Waals surface area (Å²) in [6.45, 7) is 2.32. The lowest BCUT2D eigenvalue weighted by Gasteiger charge is -2.33. The Labute approximate surface area is 170 Å². The monoisotopic (exact) mass is 390 g/mol. The Kier molecular flexibility index (Phi) is 6.04. The fraction of sp³-hybridized carbons (Fsp3) is 0.318. The van der Waals surface area contributed by atoms with Crippen LogP contribution >= 0.6 is 0 Å². The first kappa shape index (κ1) is 19.0. The van der Waals surface area contributed by atoms with Crippen molar-refractivity contribution >= 4 is 11.8 Å². The number of urea groups is 1. The van der Waals surface area contributed by atoms with Crippen molar-refractivity contribution in [1.82, 2.24) is 25.8 Å². The Morgan fingerprint density at radius 1 is 1.17 bits per heavy atom. The molecule has 3 N–H and O–H groups in total. The second kappa shape index (κ2) is 9.23. The molecule has 1 aromatic carbocycles. The van der Waals surface area contributed by atoms with Gasteiger partial charge in [0.1, 0.15) is 0 Å². The number of hydrogen-bond donors (Lipinski definition) is 3. The summed E-state index contributed by atoms with van der Waals surface area (Å²) < 4.78 is 0. The van der Waals surface area contributed by atoms with Crippen molar-refractivity contribution in [1.29, 1.82) is 0 Å². The number of nitrogens with zero attached hydrogens (tertiary/aromatic N) is 3. The van der Waals surface area contributed by atoms with Crippen molar-refractivity contribution in [3.63, 3.8) is 0 Å². The van der Waals surface area contributed by atoms with Gasteiger partial charge >= 0.3 is 6.03 Å². The van der Waals surface area contributed by atoms with E-state index in [2.05, 4.69) is 48.9 Å². The van der Waals surface area contributed by atoms with E-state index in [9.17, 15) is 4.79 Å². The van der Waals surface area contributed by atoms with Gasteiger partial charge in [-0.3, -0.25) is 10.1 Å². The number of aromatic amines is 1. The summed E-state index contributed by atoms with van der Waals surface area (Å²) in [6, 6.07) is 16.1. The normalized spacial score (nSPS) is 16.4. The minimum atomic E-state index is -0.104. The van der Waals surface area contributed by atoms with Crippen LogP contribution in [0.1, 0.15) is 18.4 Å². The van der Waals surface area contributed by atoms with Crippen molar-refractivity contribution in [3.05, 3.63) is 66.5 Å². The summed E-state index contributed by atoms with van der Waals surface area (Å²) in [5.41, 5.74) is 3.25. The van der Waals surface area contributed by atoms with Crippen LogP contribution in [0.3, 0.4) is 0 Å². The largest absolute Gasteiger partial charge is 0.353 e. The van der Waals surface area contributed by atoms with Crippen molar-refractivity contribution in [3.8, 4) is 11.3 Å². The van der Waals surface area contributed by atoms with E-state index in [0.717, 1.165) is 49.4 Å². The number of benzene rings is 1.